The van der Waals surface area contributed by atoms with E-state index in [0.29, 0.717) is 28.0 Å². The molecule has 2 amide bonds. The van der Waals surface area contributed by atoms with E-state index in [9.17, 15) is 18.0 Å². The Morgan fingerprint density at radius 3 is 2.80 bits per heavy atom. The smallest absolute Gasteiger partial charge is 0.257 e. The summed E-state index contributed by atoms with van der Waals surface area (Å²) in [6, 6.07) is 12.0. The zero-order chi connectivity index (χ0) is 21.5. The van der Waals surface area contributed by atoms with Crippen molar-refractivity contribution >= 4 is 61.7 Å². The first kappa shape index (κ1) is 20.7. The van der Waals surface area contributed by atoms with Gasteiger partial charge in [-0.15, -0.1) is 4.40 Å². The minimum atomic E-state index is -3.44. The number of halogens is 1. The van der Waals surface area contributed by atoms with Crippen LogP contribution in [0.25, 0.3) is 0 Å². The average Bonchev–Trinajstić information content (AvgIpc) is 3.04. The number of para-hydroxylation sites is 1. The van der Waals surface area contributed by atoms with Crippen molar-refractivity contribution in [3.05, 3.63) is 53.1 Å². The highest BCUT2D eigenvalue weighted by atomic mass is 35.5. The van der Waals surface area contributed by atoms with Gasteiger partial charge in [-0.2, -0.15) is 0 Å². The van der Waals surface area contributed by atoms with Crippen molar-refractivity contribution in [2.75, 3.05) is 36.1 Å². The van der Waals surface area contributed by atoms with Gasteiger partial charge >= 0.3 is 0 Å². The number of hydrogen-bond donors (Lipinski definition) is 1. The zero-order valence-electron chi connectivity index (χ0n) is 15.8. The highest BCUT2D eigenvalue weighted by molar-refractivity contribution is 8.15. The van der Waals surface area contributed by atoms with Crippen LogP contribution in [-0.2, 0) is 14.8 Å². The third kappa shape index (κ3) is 4.16. The molecule has 0 unspecified atom stereocenters. The standard InChI is InChI=1S/C19H17ClN4O4S2/c1-23(11-17(25)21-14-5-3-2-4-13(14)20)18(26)12-6-7-15-16(10-12)29-19-22-30(27,28)9-8-24(15)19/h2-7,10H,8-9,11H2,1H3,(H,21,25). The van der Waals surface area contributed by atoms with E-state index in [-0.39, 0.29) is 24.1 Å². The molecule has 2 aliphatic rings. The largest absolute Gasteiger partial charge is 0.332 e. The molecule has 0 saturated carbocycles. The SMILES string of the molecule is CN(CC(=O)Nc1ccccc1Cl)C(=O)c1ccc2c(c1)SC1=NS(=O)(=O)CCN12. The Morgan fingerprint density at radius 1 is 1.27 bits per heavy atom. The van der Waals surface area contributed by atoms with Crippen LogP contribution in [0.15, 0.2) is 51.8 Å². The van der Waals surface area contributed by atoms with Crippen LogP contribution in [0.1, 0.15) is 10.4 Å². The van der Waals surface area contributed by atoms with E-state index in [4.69, 9.17) is 11.6 Å². The predicted molar refractivity (Wildman–Crippen MR) is 118 cm³/mol. The molecule has 11 heteroatoms. The Hall–Kier alpha value is -2.56. The number of nitrogens with one attached hydrogen (secondary N) is 1. The van der Waals surface area contributed by atoms with E-state index in [1.807, 2.05) is 4.90 Å². The first-order valence-electron chi connectivity index (χ1n) is 8.95. The number of carbonyl (C=O) groups is 2. The van der Waals surface area contributed by atoms with Gasteiger partial charge in [0.05, 0.1) is 28.7 Å². The third-order valence-corrected chi connectivity index (χ3v) is 7.23. The fraction of sp³-hybridized carbons (Fsp3) is 0.211. The molecule has 156 valence electrons. The number of amides is 2. The number of sulfonamides is 1. The second kappa shape index (κ2) is 7.93. The lowest BCUT2D eigenvalue weighted by atomic mass is 10.1. The number of thioether (sulfide) groups is 1. The maximum atomic E-state index is 12.8. The van der Waals surface area contributed by atoms with Crippen molar-refractivity contribution in [3.63, 3.8) is 0 Å². The molecule has 0 spiro atoms. The van der Waals surface area contributed by atoms with E-state index in [1.165, 1.54) is 23.7 Å². The molecule has 0 atom stereocenters. The number of rotatable bonds is 4. The van der Waals surface area contributed by atoms with Crippen LogP contribution in [-0.4, -0.2) is 56.2 Å². The molecule has 2 heterocycles. The first-order chi connectivity index (χ1) is 14.2. The maximum absolute atomic E-state index is 12.8. The fourth-order valence-electron chi connectivity index (χ4n) is 3.12. The molecule has 8 nitrogen and oxygen atoms in total. The number of benzene rings is 2. The summed E-state index contributed by atoms with van der Waals surface area (Å²) < 4.78 is 27.3. The molecule has 4 rings (SSSR count). The van der Waals surface area contributed by atoms with Crippen molar-refractivity contribution in [2.24, 2.45) is 4.40 Å². The van der Waals surface area contributed by atoms with Gasteiger partial charge in [0.2, 0.25) is 5.91 Å². The van der Waals surface area contributed by atoms with Crippen LogP contribution in [0.4, 0.5) is 11.4 Å². The lowest BCUT2D eigenvalue weighted by molar-refractivity contribution is -0.116. The van der Waals surface area contributed by atoms with Gasteiger partial charge < -0.3 is 15.1 Å². The summed E-state index contributed by atoms with van der Waals surface area (Å²) in [5.41, 5.74) is 1.70. The molecule has 0 radical (unpaired) electrons. The van der Waals surface area contributed by atoms with Crippen LogP contribution < -0.4 is 10.2 Å². The Labute approximate surface area is 183 Å². The quantitative estimate of drug-likeness (QED) is 0.746. The molecule has 30 heavy (non-hydrogen) atoms. The van der Waals surface area contributed by atoms with E-state index >= 15 is 0 Å². The van der Waals surface area contributed by atoms with Crippen molar-refractivity contribution in [1.29, 1.82) is 0 Å². The highest BCUT2D eigenvalue weighted by Crippen LogP contribution is 2.42. The number of hydrogen-bond acceptors (Lipinski definition) is 6. The summed E-state index contributed by atoms with van der Waals surface area (Å²) >= 11 is 7.25. The van der Waals surface area contributed by atoms with Gasteiger partial charge in [0, 0.05) is 24.1 Å². The van der Waals surface area contributed by atoms with Crippen molar-refractivity contribution in [3.8, 4) is 0 Å². The molecule has 0 saturated heterocycles. The second-order valence-electron chi connectivity index (χ2n) is 6.79. The molecule has 0 fully saturated rings. The number of nitrogens with zero attached hydrogens (tertiary/aromatic N) is 3. The average molecular weight is 465 g/mol. The Kier molecular flexibility index (Phi) is 5.48. The molecule has 1 N–H and O–H groups in total. The molecule has 2 aromatic carbocycles. The molecule has 2 aliphatic heterocycles. The van der Waals surface area contributed by atoms with E-state index < -0.39 is 10.0 Å². The van der Waals surface area contributed by atoms with Crippen molar-refractivity contribution in [1.82, 2.24) is 4.90 Å². The van der Waals surface area contributed by atoms with Crippen LogP contribution >= 0.6 is 23.4 Å². The Morgan fingerprint density at radius 2 is 2.03 bits per heavy atom. The number of likely N-dealkylation sites (N-methyl/N-ethyl adjacent to an activating group) is 1. The first-order valence-corrected chi connectivity index (χ1v) is 11.8. The monoisotopic (exact) mass is 464 g/mol. The summed E-state index contributed by atoms with van der Waals surface area (Å²) in [5, 5.41) is 3.49. The normalized spacial score (nSPS) is 16.3. The number of amidine groups is 1. The van der Waals surface area contributed by atoms with Gasteiger partial charge in [0.15, 0.2) is 5.17 Å². The molecule has 2 aromatic rings. The fourth-order valence-corrected chi connectivity index (χ4v) is 5.60. The number of carbonyl (C=O) groups excluding carboxylic acids is 2. The van der Waals surface area contributed by atoms with Gasteiger partial charge in [0.25, 0.3) is 15.9 Å². The number of anilines is 2. The van der Waals surface area contributed by atoms with Crippen molar-refractivity contribution < 1.29 is 18.0 Å². The summed E-state index contributed by atoms with van der Waals surface area (Å²) in [6.45, 7) is 0.182. The molecule has 0 aromatic heterocycles. The van der Waals surface area contributed by atoms with E-state index in [1.54, 1.807) is 42.5 Å². The third-order valence-electron chi connectivity index (χ3n) is 4.60. The Bertz CT molecular complexity index is 1180. The van der Waals surface area contributed by atoms with Gasteiger partial charge in [0.1, 0.15) is 0 Å². The van der Waals surface area contributed by atoms with Gasteiger partial charge in [-0.3, -0.25) is 9.59 Å². The van der Waals surface area contributed by atoms with Gasteiger partial charge in [-0.1, -0.05) is 23.7 Å². The van der Waals surface area contributed by atoms with Crippen LogP contribution in [0, 0.1) is 0 Å². The second-order valence-corrected chi connectivity index (χ2v) is 9.96. The summed E-state index contributed by atoms with van der Waals surface area (Å²) in [6.07, 6.45) is 0. The zero-order valence-corrected chi connectivity index (χ0v) is 18.2. The van der Waals surface area contributed by atoms with Gasteiger partial charge in [-0.25, -0.2) is 8.42 Å². The minimum absolute atomic E-state index is 0.0412. The Balaban J connectivity index is 1.46. The minimum Gasteiger partial charge on any atom is -0.332 e. The molecule has 0 bridgehead atoms. The summed E-state index contributed by atoms with van der Waals surface area (Å²) in [7, 11) is -1.90. The molecule has 0 aliphatic carbocycles. The van der Waals surface area contributed by atoms with E-state index in [2.05, 4.69) is 9.71 Å². The maximum Gasteiger partial charge on any atom is 0.257 e. The van der Waals surface area contributed by atoms with Crippen LogP contribution in [0.2, 0.25) is 5.02 Å². The molecular weight excluding hydrogens is 448 g/mol. The van der Waals surface area contributed by atoms with Crippen LogP contribution in [0.5, 0.6) is 0 Å². The van der Waals surface area contributed by atoms with Crippen molar-refractivity contribution in [2.45, 2.75) is 4.90 Å². The topological polar surface area (TPSA) is 99.1 Å². The van der Waals surface area contributed by atoms with E-state index in [0.717, 1.165) is 10.6 Å². The summed E-state index contributed by atoms with van der Waals surface area (Å²) in [5.74, 6) is -0.737. The highest BCUT2D eigenvalue weighted by Gasteiger charge is 2.33. The predicted octanol–water partition coefficient (Wildman–Crippen LogP) is 2.66. The lowest BCUT2D eigenvalue weighted by Gasteiger charge is -2.22. The lowest BCUT2D eigenvalue weighted by Crippen LogP contribution is -2.35. The molecular formula is C19H17ClN4O4S2. The number of fused-ring (bicyclic) bond motifs is 3. The summed E-state index contributed by atoms with van der Waals surface area (Å²) in [4.78, 5) is 29.0. The van der Waals surface area contributed by atoms with Gasteiger partial charge in [-0.05, 0) is 42.1 Å². The van der Waals surface area contributed by atoms with Crippen LogP contribution in [0.3, 0.4) is 0 Å².